The van der Waals surface area contributed by atoms with E-state index in [9.17, 15) is 9.59 Å². The minimum Gasteiger partial charge on any atom is -0.369 e. The molecule has 0 aromatic heterocycles. The van der Waals surface area contributed by atoms with E-state index in [4.69, 9.17) is 5.73 Å². The van der Waals surface area contributed by atoms with Gasteiger partial charge in [0.2, 0.25) is 11.8 Å². The smallest absolute Gasteiger partial charge is 0.227 e. The Hall–Kier alpha value is -3.40. The van der Waals surface area contributed by atoms with Crippen LogP contribution in [0.2, 0.25) is 0 Å². The lowest BCUT2D eigenvalue weighted by atomic mass is 9.73. The molecule has 0 saturated carbocycles. The van der Waals surface area contributed by atoms with E-state index in [1.165, 1.54) is 0 Å². The van der Waals surface area contributed by atoms with Gasteiger partial charge in [-0.2, -0.15) is 0 Å². The minimum atomic E-state index is -0.754. The molecular weight excluding hydrogens is 384 g/mol. The molecule has 1 fully saturated rings. The van der Waals surface area contributed by atoms with E-state index >= 15 is 0 Å². The van der Waals surface area contributed by atoms with Gasteiger partial charge in [-0.05, 0) is 41.5 Å². The zero-order valence-corrected chi connectivity index (χ0v) is 17.7. The molecular formula is C27H28N2O2. The van der Waals surface area contributed by atoms with Crippen molar-refractivity contribution in [1.82, 2.24) is 4.90 Å². The number of primary amides is 1. The maximum atomic E-state index is 13.0. The normalized spacial score (nSPS) is 18.5. The first-order valence-corrected chi connectivity index (χ1v) is 10.8. The molecule has 2 N–H and O–H groups in total. The highest BCUT2D eigenvalue weighted by Gasteiger charge is 2.42. The summed E-state index contributed by atoms with van der Waals surface area (Å²) < 4.78 is 0. The van der Waals surface area contributed by atoms with Crippen LogP contribution in [0.5, 0.6) is 0 Å². The van der Waals surface area contributed by atoms with Crippen molar-refractivity contribution in [3.05, 3.63) is 96.1 Å². The third kappa shape index (κ3) is 4.69. The molecule has 0 bridgehead atoms. The average molecular weight is 413 g/mol. The second kappa shape index (κ2) is 9.17. The number of nitrogens with two attached hydrogens (primary N) is 1. The van der Waals surface area contributed by atoms with Crippen molar-refractivity contribution in [2.75, 3.05) is 13.1 Å². The van der Waals surface area contributed by atoms with E-state index in [-0.39, 0.29) is 11.8 Å². The topological polar surface area (TPSA) is 63.4 Å². The molecule has 3 aromatic rings. The van der Waals surface area contributed by atoms with Crippen LogP contribution in [-0.2, 0) is 22.4 Å². The van der Waals surface area contributed by atoms with Crippen LogP contribution in [-0.4, -0.2) is 29.8 Å². The van der Waals surface area contributed by atoms with Crippen LogP contribution in [0, 0.1) is 5.41 Å². The molecule has 3 aromatic carbocycles. The number of rotatable bonds is 6. The van der Waals surface area contributed by atoms with Gasteiger partial charge in [-0.1, -0.05) is 84.9 Å². The molecule has 1 aliphatic rings. The number of likely N-dealkylation sites (tertiary alicyclic amines) is 1. The second-order valence-electron chi connectivity index (χ2n) is 8.43. The quantitative estimate of drug-likeness (QED) is 0.658. The van der Waals surface area contributed by atoms with E-state index < -0.39 is 5.41 Å². The zero-order valence-electron chi connectivity index (χ0n) is 17.7. The van der Waals surface area contributed by atoms with Gasteiger partial charge in [0.25, 0.3) is 0 Å². The third-order valence-corrected chi connectivity index (χ3v) is 6.28. The first-order chi connectivity index (χ1) is 15.1. The Morgan fingerprint density at radius 3 is 2.23 bits per heavy atom. The maximum Gasteiger partial charge on any atom is 0.227 e. The van der Waals surface area contributed by atoms with Crippen molar-refractivity contribution in [2.45, 2.75) is 25.7 Å². The van der Waals surface area contributed by atoms with Crippen molar-refractivity contribution < 1.29 is 9.59 Å². The van der Waals surface area contributed by atoms with Crippen LogP contribution in [0.15, 0.2) is 84.9 Å². The van der Waals surface area contributed by atoms with Gasteiger partial charge in [0.15, 0.2) is 0 Å². The summed E-state index contributed by atoms with van der Waals surface area (Å²) in [7, 11) is 0. The summed E-state index contributed by atoms with van der Waals surface area (Å²) in [5.41, 5.74) is 9.52. The molecule has 158 valence electrons. The molecule has 31 heavy (non-hydrogen) atoms. The molecule has 1 aliphatic heterocycles. The molecule has 4 nitrogen and oxygen atoms in total. The van der Waals surface area contributed by atoms with E-state index in [0.717, 1.165) is 28.7 Å². The van der Waals surface area contributed by atoms with Crippen molar-refractivity contribution in [1.29, 1.82) is 0 Å². The van der Waals surface area contributed by atoms with Crippen LogP contribution in [0.25, 0.3) is 11.1 Å². The van der Waals surface area contributed by atoms with Gasteiger partial charge < -0.3 is 10.6 Å². The molecule has 4 rings (SSSR count). The third-order valence-electron chi connectivity index (χ3n) is 6.28. The van der Waals surface area contributed by atoms with Crippen LogP contribution in [0.4, 0.5) is 0 Å². The van der Waals surface area contributed by atoms with E-state index in [0.29, 0.717) is 32.4 Å². The molecule has 1 unspecified atom stereocenters. The summed E-state index contributed by atoms with van der Waals surface area (Å²) in [6, 6.07) is 28.1. The first-order valence-electron chi connectivity index (χ1n) is 10.8. The standard InChI is InChI=1S/C27H28N2O2/c28-26(31)27(19-23-14-7-8-15-24(23)22-12-5-2-6-13-22)16-9-17-29(20-27)25(30)18-21-10-3-1-4-11-21/h1-8,10-15H,9,16-20H2,(H2,28,31). The molecule has 1 heterocycles. The Balaban J connectivity index is 1.59. The van der Waals surface area contributed by atoms with E-state index in [1.54, 1.807) is 0 Å². The van der Waals surface area contributed by atoms with Crippen molar-refractivity contribution >= 4 is 11.8 Å². The van der Waals surface area contributed by atoms with Gasteiger partial charge in [-0.25, -0.2) is 0 Å². The van der Waals surface area contributed by atoms with Gasteiger partial charge in [0.1, 0.15) is 0 Å². The van der Waals surface area contributed by atoms with Crippen LogP contribution in [0.3, 0.4) is 0 Å². The summed E-state index contributed by atoms with van der Waals surface area (Å²) >= 11 is 0. The Kier molecular flexibility index (Phi) is 6.17. The maximum absolute atomic E-state index is 13.0. The number of hydrogen-bond donors (Lipinski definition) is 1. The fourth-order valence-electron chi connectivity index (χ4n) is 4.60. The second-order valence-corrected chi connectivity index (χ2v) is 8.43. The number of carbonyl (C=O) groups is 2. The highest BCUT2D eigenvalue weighted by atomic mass is 16.2. The molecule has 4 heteroatoms. The van der Waals surface area contributed by atoms with Gasteiger partial charge in [-0.15, -0.1) is 0 Å². The first kappa shape index (κ1) is 20.9. The van der Waals surface area contributed by atoms with E-state index in [2.05, 4.69) is 24.3 Å². The summed E-state index contributed by atoms with van der Waals surface area (Å²) in [5, 5.41) is 0. The lowest BCUT2D eigenvalue weighted by Gasteiger charge is -2.41. The predicted molar refractivity (Wildman–Crippen MR) is 123 cm³/mol. The number of amides is 2. The van der Waals surface area contributed by atoms with Crippen molar-refractivity contribution in [2.24, 2.45) is 11.1 Å². The van der Waals surface area contributed by atoms with Crippen molar-refractivity contribution in [3.8, 4) is 11.1 Å². The molecule has 0 aliphatic carbocycles. The summed E-state index contributed by atoms with van der Waals surface area (Å²) in [5.74, 6) is -0.277. The highest BCUT2D eigenvalue weighted by Crippen LogP contribution is 2.37. The van der Waals surface area contributed by atoms with Crippen LogP contribution < -0.4 is 5.73 Å². The molecule has 1 atom stereocenters. The minimum absolute atomic E-state index is 0.0490. The highest BCUT2D eigenvalue weighted by molar-refractivity contribution is 5.84. The lowest BCUT2D eigenvalue weighted by molar-refractivity contribution is -0.139. The Bertz CT molecular complexity index is 1050. The molecule has 1 saturated heterocycles. The Morgan fingerprint density at radius 2 is 1.52 bits per heavy atom. The number of hydrogen-bond acceptors (Lipinski definition) is 2. The lowest BCUT2D eigenvalue weighted by Crippen LogP contribution is -2.53. The van der Waals surface area contributed by atoms with Gasteiger partial charge >= 0.3 is 0 Å². The van der Waals surface area contributed by atoms with Crippen LogP contribution >= 0.6 is 0 Å². The summed E-state index contributed by atoms with van der Waals surface area (Å²) in [6.07, 6.45) is 2.34. The predicted octanol–water partition coefficient (Wildman–Crippen LogP) is 4.23. The van der Waals surface area contributed by atoms with Gasteiger partial charge in [0.05, 0.1) is 11.8 Å². The number of piperidine rings is 1. The van der Waals surface area contributed by atoms with Gasteiger partial charge in [0, 0.05) is 13.1 Å². The number of benzene rings is 3. The Labute approximate surface area is 183 Å². The summed E-state index contributed by atoms with van der Waals surface area (Å²) in [6.45, 7) is 1.04. The Morgan fingerprint density at radius 1 is 0.871 bits per heavy atom. The molecule has 2 amide bonds. The monoisotopic (exact) mass is 412 g/mol. The number of carbonyl (C=O) groups excluding carboxylic acids is 2. The molecule has 0 spiro atoms. The number of nitrogens with zero attached hydrogens (tertiary/aromatic N) is 1. The van der Waals surface area contributed by atoms with Crippen molar-refractivity contribution in [3.63, 3.8) is 0 Å². The van der Waals surface area contributed by atoms with Crippen LogP contribution in [0.1, 0.15) is 24.0 Å². The SMILES string of the molecule is NC(=O)C1(Cc2ccccc2-c2ccccc2)CCCN(C(=O)Cc2ccccc2)C1. The fourth-order valence-corrected chi connectivity index (χ4v) is 4.60. The van der Waals surface area contributed by atoms with Gasteiger partial charge in [-0.3, -0.25) is 9.59 Å². The average Bonchev–Trinajstić information content (AvgIpc) is 2.81. The molecule has 0 radical (unpaired) electrons. The van der Waals surface area contributed by atoms with E-state index in [1.807, 2.05) is 65.6 Å². The largest absolute Gasteiger partial charge is 0.369 e. The fraction of sp³-hybridized carbons (Fsp3) is 0.259. The summed E-state index contributed by atoms with van der Waals surface area (Å²) in [4.78, 5) is 27.6. The zero-order chi connectivity index (χ0) is 21.7.